The van der Waals surface area contributed by atoms with Gasteiger partial charge >= 0.3 is 11.9 Å². The summed E-state index contributed by atoms with van der Waals surface area (Å²) in [5.74, 6) is -1.07. The summed E-state index contributed by atoms with van der Waals surface area (Å²) >= 11 is 0. The summed E-state index contributed by atoms with van der Waals surface area (Å²) in [5.41, 5.74) is 32.4. The maximum absolute atomic E-state index is 14.2. The Hall–Kier alpha value is -6.61. The van der Waals surface area contributed by atoms with Crippen LogP contribution in [0, 0.1) is 0 Å². The summed E-state index contributed by atoms with van der Waals surface area (Å²) in [6.07, 6.45) is -12.2. The van der Waals surface area contributed by atoms with Crippen LogP contribution in [0.2, 0.25) is 0 Å². The predicted molar refractivity (Wildman–Crippen MR) is 269 cm³/mol. The van der Waals surface area contributed by atoms with E-state index in [1.54, 1.807) is 51.1 Å². The highest BCUT2D eigenvalue weighted by Crippen LogP contribution is 2.39. The molecule has 3 saturated heterocycles. The lowest BCUT2D eigenvalue weighted by Gasteiger charge is -2.50. The number of nitrogens with zero attached hydrogens (tertiary/aromatic N) is 9. The Labute approximate surface area is 434 Å². The van der Waals surface area contributed by atoms with Crippen LogP contribution >= 0.6 is 0 Å². The van der Waals surface area contributed by atoms with E-state index in [1.165, 1.54) is 7.11 Å². The largest absolute Gasteiger partial charge is 0.469 e. The van der Waals surface area contributed by atoms with Crippen molar-refractivity contribution >= 4 is 11.9 Å². The molecule has 398 valence electrons. The molecule has 75 heavy (non-hydrogen) atoms. The number of hydrogen-bond donors (Lipinski definition) is 0. The highest BCUT2D eigenvalue weighted by Gasteiger charge is 2.56. The molecular formula is C53H63N9O13. The Morgan fingerprint density at radius 3 is 1.31 bits per heavy atom. The third-order valence-electron chi connectivity index (χ3n) is 13.1. The molecule has 0 N–H and O–H groups in total. The molecule has 4 aromatic rings. The minimum atomic E-state index is -1.53. The number of ether oxygens (including phenoxy) is 11. The molecule has 0 radical (unpaired) electrons. The minimum absolute atomic E-state index is 0.00587. The van der Waals surface area contributed by atoms with Crippen molar-refractivity contribution in [2.75, 3.05) is 13.7 Å². The van der Waals surface area contributed by atoms with E-state index in [0.717, 1.165) is 16.7 Å². The monoisotopic (exact) mass is 1030 g/mol. The molecular weight excluding hydrogens is 971 g/mol. The van der Waals surface area contributed by atoms with Crippen LogP contribution in [0.4, 0.5) is 0 Å². The van der Waals surface area contributed by atoms with Crippen molar-refractivity contribution in [1.82, 2.24) is 0 Å². The topological polar surface area (TPSA) is 282 Å². The molecule has 15 atom stereocenters. The second-order valence-electron chi connectivity index (χ2n) is 18.2. The highest BCUT2D eigenvalue weighted by atomic mass is 16.8. The van der Waals surface area contributed by atoms with Crippen LogP contribution in [0.3, 0.4) is 0 Å². The summed E-state index contributed by atoms with van der Waals surface area (Å²) in [5, 5.41) is 12.4. The fraction of sp³-hybridized carbons (Fsp3) is 0.509. The van der Waals surface area contributed by atoms with Crippen LogP contribution in [0.25, 0.3) is 31.3 Å². The molecule has 22 heteroatoms. The van der Waals surface area contributed by atoms with Gasteiger partial charge in [-0.3, -0.25) is 4.79 Å². The Morgan fingerprint density at radius 1 is 0.493 bits per heavy atom. The molecule has 4 aromatic carbocycles. The first-order valence-corrected chi connectivity index (χ1v) is 24.9. The van der Waals surface area contributed by atoms with Gasteiger partial charge in [-0.15, -0.1) is 0 Å². The summed E-state index contributed by atoms with van der Waals surface area (Å²) in [6, 6.07) is 33.2. The van der Waals surface area contributed by atoms with Crippen molar-refractivity contribution < 1.29 is 61.7 Å². The SMILES string of the molecule is COC(=O)CCCCCO[C@H]1OC(C)C(N=[N+]=[N-])C(OCc2ccccc2)C1O[C@H]1OC(C)C(N=[N+]=[N-])C(OCc2ccccc2)C1O[C@H]1OC(C)C(N=[N+]=[N-])C(OCc2ccccc2)C1OC(=O)c1ccccc1. The molecule has 22 nitrogen and oxygen atoms in total. The molecule has 0 aliphatic carbocycles. The fourth-order valence-corrected chi connectivity index (χ4v) is 9.18. The van der Waals surface area contributed by atoms with Crippen molar-refractivity contribution in [3.63, 3.8) is 0 Å². The summed E-state index contributed by atoms with van der Waals surface area (Å²) in [6.45, 7) is 5.36. The number of benzene rings is 4. The maximum Gasteiger partial charge on any atom is 0.338 e. The number of unbranched alkanes of at least 4 members (excludes halogenated alkanes) is 2. The smallest absolute Gasteiger partial charge is 0.338 e. The van der Waals surface area contributed by atoms with E-state index in [9.17, 15) is 26.2 Å². The molecule has 7 rings (SSSR count). The van der Waals surface area contributed by atoms with Crippen LogP contribution < -0.4 is 0 Å². The van der Waals surface area contributed by atoms with E-state index < -0.39 is 97.9 Å². The van der Waals surface area contributed by atoms with Gasteiger partial charge in [0.2, 0.25) is 0 Å². The zero-order chi connectivity index (χ0) is 52.9. The predicted octanol–water partition coefficient (Wildman–Crippen LogP) is 9.76. The Morgan fingerprint density at radius 2 is 0.880 bits per heavy atom. The van der Waals surface area contributed by atoms with Crippen LogP contribution in [0.5, 0.6) is 0 Å². The third-order valence-corrected chi connectivity index (χ3v) is 13.1. The summed E-state index contributed by atoms with van der Waals surface area (Å²) in [7, 11) is 1.34. The average Bonchev–Trinajstić information content (AvgIpc) is 3.43. The molecule has 0 amide bonds. The number of methoxy groups -OCH3 is 1. The van der Waals surface area contributed by atoms with Crippen molar-refractivity contribution in [3.8, 4) is 0 Å². The second-order valence-corrected chi connectivity index (χ2v) is 18.2. The molecule has 3 aliphatic heterocycles. The van der Waals surface area contributed by atoms with Gasteiger partial charge in [0, 0.05) is 27.8 Å². The van der Waals surface area contributed by atoms with E-state index in [-0.39, 0.29) is 44.4 Å². The third kappa shape index (κ3) is 15.5. The van der Waals surface area contributed by atoms with Gasteiger partial charge in [-0.2, -0.15) is 0 Å². The lowest BCUT2D eigenvalue weighted by Crippen LogP contribution is -2.66. The number of esters is 2. The number of rotatable bonds is 25. The van der Waals surface area contributed by atoms with Gasteiger partial charge in [0.25, 0.3) is 0 Å². The van der Waals surface area contributed by atoms with Crippen molar-refractivity contribution in [2.45, 2.75) is 158 Å². The molecule has 0 aromatic heterocycles. The molecule has 0 saturated carbocycles. The minimum Gasteiger partial charge on any atom is -0.469 e. The van der Waals surface area contributed by atoms with Crippen LogP contribution in [0.1, 0.15) is 73.5 Å². The van der Waals surface area contributed by atoms with E-state index in [4.69, 9.17) is 52.1 Å². The van der Waals surface area contributed by atoms with Crippen molar-refractivity contribution in [3.05, 3.63) is 175 Å². The van der Waals surface area contributed by atoms with Crippen molar-refractivity contribution in [1.29, 1.82) is 0 Å². The van der Waals surface area contributed by atoms with Crippen molar-refractivity contribution in [2.24, 2.45) is 15.3 Å². The molecule has 0 bridgehead atoms. The molecule has 3 aliphatic rings. The number of azide groups is 3. The number of carbonyl (C=O) groups excluding carboxylic acids is 2. The van der Waals surface area contributed by atoms with E-state index >= 15 is 0 Å². The lowest BCUT2D eigenvalue weighted by molar-refractivity contribution is -0.378. The molecule has 12 unspecified atom stereocenters. The first kappa shape index (κ1) is 56.1. The van der Waals surface area contributed by atoms with Gasteiger partial charge in [-0.05, 0) is 79.0 Å². The molecule has 3 heterocycles. The van der Waals surface area contributed by atoms with Crippen LogP contribution in [-0.4, -0.2) is 118 Å². The summed E-state index contributed by atoms with van der Waals surface area (Å²) in [4.78, 5) is 35.5. The summed E-state index contributed by atoms with van der Waals surface area (Å²) < 4.78 is 71.5. The van der Waals surface area contributed by atoms with Crippen LogP contribution in [0.15, 0.2) is 137 Å². The fourth-order valence-electron chi connectivity index (χ4n) is 9.18. The zero-order valence-corrected chi connectivity index (χ0v) is 42.2. The quantitative estimate of drug-likeness (QED) is 0.0197. The van der Waals surface area contributed by atoms with E-state index in [2.05, 4.69) is 30.1 Å². The Kier molecular flexibility index (Phi) is 21.6. The Bertz CT molecular complexity index is 2540. The maximum atomic E-state index is 14.2. The van der Waals surface area contributed by atoms with Gasteiger partial charge < -0.3 is 52.1 Å². The Balaban J connectivity index is 1.31. The standard InChI is InChI=1S/C53H63N9O13/c1-33-41(57-60-54)44(67-30-36-20-10-5-11-21-36)47(51(70-33)66-29-19-9-18-28-40(63)65-4)74-53-49(46(43(59-62-56)35(3)72-53)69-32-38-24-14-7-15-25-38)75-52-48(73-50(64)39-26-16-8-17-27-39)45(42(58-61-55)34(2)71-52)68-31-37-22-12-6-13-23-37/h5-8,10-17,20-27,33-35,41-49,51-53H,9,18-19,28-32H2,1-4H3/t33?,34?,35?,41?,42?,43?,44?,45?,46?,47?,48?,49?,51-,52+,53+/m0/s1. The van der Waals surface area contributed by atoms with Gasteiger partial charge in [0.05, 0.1) is 68.9 Å². The van der Waals surface area contributed by atoms with E-state index in [1.807, 2.05) is 91.0 Å². The normalized spacial score (nSPS) is 29.4. The molecule has 0 spiro atoms. The van der Waals surface area contributed by atoms with E-state index in [0.29, 0.717) is 19.3 Å². The molecule has 3 fully saturated rings. The first-order valence-electron chi connectivity index (χ1n) is 24.9. The van der Waals surface area contributed by atoms with Gasteiger partial charge in [0.1, 0.15) is 30.5 Å². The lowest BCUT2D eigenvalue weighted by atomic mass is 9.94. The first-order chi connectivity index (χ1) is 36.6. The average molecular weight is 1030 g/mol. The second kappa shape index (κ2) is 28.9. The number of carbonyl (C=O) groups is 2. The van der Waals surface area contributed by atoms with Gasteiger partial charge in [0.15, 0.2) is 25.0 Å². The van der Waals surface area contributed by atoms with Crippen LogP contribution in [-0.2, 0) is 76.7 Å². The number of hydrogen-bond acceptors (Lipinski definition) is 16. The van der Waals surface area contributed by atoms with Gasteiger partial charge in [-0.25, -0.2) is 4.79 Å². The van der Waals surface area contributed by atoms with Gasteiger partial charge in [-0.1, -0.05) is 131 Å². The highest BCUT2D eigenvalue weighted by molar-refractivity contribution is 5.89. The zero-order valence-electron chi connectivity index (χ0n) is 42.2.